The van der Waals surface area contributed by atoms with E-state index in [4.69, 9.17) is 0 Å². The highest BCUT2D eigenvalue weighted by molar-refractivity contribution is 5.91. The molecule has 1 atom stereocenters. The molecule has 1 heterocycles. The largest absolute Gasteiger partial charge is 0.422 e. The number of H-pyrrole nitrogens is 1. The molecule has 0 bridgehead atoms. The Bertz CT molecular complexity index is 948. The van der Waals surface area contributed by atoms with E-state index in [0.29, 0.717) is 28.4 Å². The van der Waals surface area contributed by atoms with Crippen LogP contribution >= 0.6 is 0 Å². The molecule has 1 unspecified atom stereocenters. The number of aromatic nitrogens is 2. The molecule has 0 aliphatic carbocycles. The first-order valence-electron chi connectivity index (χ1n) is 8.44. The number of nitrogens with zero attached hydrogens (tertiary/aromatic N) is 2. The van der Waals surface area contributed by atoms with Crippen LogP contribution in [-0.2, 0) is 5.41 Å². The summed E-state index contributed by atoms with van der Waals surface area (Å²) in [7, 11) is 0. The van der Waals surface area contributed by atoms with Crippen molar-refractivity contribution in [2.75, 3.05) is 0 Å². The lowest BCUT2D eigenvalue weighted by molar-refractivity contribution is -0.234. The molecule has 3 rings (SSSR count). The van der Waals surface area contributed by atoms with Crippen LogP contribution in [0.1, 0.15) is 25.8 Å². The number of aromatic amines is 1. The van der Waals surface area contributed by atoms with Crippen molar-refractivity contribution in [3.63, 3.8) is 0 Å². The molecule has 3 aromatic rings. The number of benzene rings is 2. The van der Waals surface area contributed by atoms with Gasteiger partial charge in [-0.3, -0.25) is 10.1 Å². The summed E-state index contributed by atoms with van der Waals surface area (Å²) >= 11 is 0. The van der Waals surface area contributed by atoms with Gasteiger partial charge in [-0.1, -0.05) is 50.2 Å². The third-order valence-corrected chi connectivity index (χ3v) is 4.64. The summed E-state index contributed by atoms with van der Waals surface area (Å²) in [6, 6.07) is 13.8. The van der Waals surface area contributed by atoms with Crippen LogP contribution < -0.4 is 0 Å². The van der Waals surface area contributed by atoms with Crippen molar-refractivity contribution in [1.82, 2.24) is 10.2 Å². The molecule has 0 radical (unpaired) electrons. The van der Waals surface area contributed by atoms with Gasteiger partial charge >= 0.3 is 6.18 Å². The predicted octanol–water partition coefficient (Wildman–Crippen LogP) is 4.93. The van der Waals surface area contributed by atoms with Gasteiger partial charge in [0, 0.05) is 11.6 Å². The molecule has 0 saturated carbocycles. The van der Waals surface area contributed by atoms with E-state index in [1.54, 1.807) is 62.4 Å². The molecule has 0 saturated heterocycles. The zero-order valence-electron chi connectivity index (χ0n) is 15.0. The fraction of sp³-hybridized carbons (Fsp3) is 0.300. The van der Waals surface area contributed by atoms with Gasteiger partial charge in [-0.25, -0.2) is 0 Å². The van der Waals surface area contributed by atoms with Crippen LogP contribution in [0.5, 0.6) is 0 Å². The van der Waals surface area contributed by atoms with Crippen molar-refractivity contribution < 1.29 is 18.3 Å². The average Bonchev–Trinajstić information content (AvgIpc) is 3.09. The maximum Gasteiger partial charge on any atom is 0.422 e. The number of aliphatic hydroxyl groups is 1. The predicted molar refractivity (Wildman–Crippen MR) is 99.3 cm³/mol. The smallest absolute Gasteiger partial charge is 0.376 e. The van der Waals surface area contributed by atoms with E-state index in [1.807, 2.05) is 0 Å². The summed E-state index contributed by atoms with van der Waals surface area (Å²) in [5, 5.41) is 17.7. The second kappa shape index (κ2) is 6.81. The fourth-order valence-electron chi connectivity index (χ4n) is 3.13. The maximum atomic E-state index is 13.7. The first-order valence-corrected chi connectivity index (χ1v) is 8.44. The van der Waals surface area contributed by atoms with E-state index in [2.05, 4.69) is 15.2 Å². The summed E-state index contributed by atoms with van der Waals surface area (Å²) in [6.07, 6.45) is -3.34. The molecule has 0 fully saturated rings. The minimum Gasteiger partial charge on any atom is -0.376 e. The van der Waals surface area contributed by atoms with Crippen LogP contribution in [0, 0.1) is 0 Å². The minimum atomic E-state index is -4.87. The van der Waals surface area contributed by atoms with Crippen molar-refractivity contribution in [2.24, 2.45) is 4.99 Å². The molecule has 7 heteroatoms. The first-order chi connectivity index (χ1) is 12.6. The van der Waals surface area contributed by atoms with Crippen LogP contribution in [0.2, 0.25) is 0 Å². The van der Waals surface area contributed by atoms with Gasteiger partial charge in [0.25, 0.3) is 0 Å². The molecular formula is C20H20F3N3O. The maximum absolute atomic E-state index is 13.7. The number of nitrogens with one attached hydrogen (secondary N) is 1. The molecule has 2 aromatic carbocycles. The van der Waals surface area contributed by atoms with E-state index in [1.165, 1.54) is 6.20 Å². The van der Waals surface area contributed by atoms with Gasteiger partial charge in [-0.2, -0.15) is 18.3 Å². The fourth-order valence-corrected chi connectivity index (χ4v) is 3.13. The summed E-state index contributed by atoms with van der Waals surface area (Å²) in [5.41, 5.74) is -2.32. The number of rotatable bonds is 5. The highest BCUT2D eigenvalue weighted by Crippen LogP contribution is 2.40. The minimum absolute atomic E-state index is 0.307. The third-order valence-electron chi connectivity index (χ3n) is 4.64. The Kier molecular flexibility index (Phi) is 4.82. The Morgan fingerprint density at radius 1 is 1.07 bits per heavy atom. The molecule has 0 amide bonds. The molecule has 2 N–H and O–H groups in total. The zero-order chi connectivity index (χ0) is 19.7. The van der Waals surface area contributed by atoms with Crippen molar-refractivity contribution >= 4 is 22.8 Å². The molecule has 4 nitrogen and oxygen atoms in total. The van der Waals surface area contributed by atoms with Gasteiger partial charge in [-0.05, 0) is 29.5 Å². The molecule has 0 aliphatic rings. The van der Waals surface area contributed by atoms with Crippen molar-refractivity contribution in [2.45, 2.75) is 37.5 Å². The SMILES string of the molecule is CC(C)(CC(O)(/C=N/c1cccc2[nH]ncc12)C(F)(F)F)c1ccccc1. The monoisotopic (exact) mass is 375 g/mol. The van der Waals surface area contributed by atoms with Gasteiger partial charge < -0.3 is 5.11 Å². The van der Waals surface area contributed by atoms with Gasteiger partial charge in [0.05, 0.1) is 17.4 Å². The van der Waals surface area contributed by atoms with Crippen LogP contribution in [0.25, 0.3) is 10.9 Å². The molecule has 0 spiro atoms. The highest BCUT2D eigenvalue weighted by Gasteiger charge is 2.55. The normalized spacial score (nSPS) is 15.3. The summed E-state index contributed by atoms with van der Waals surface area (Å²) < 4.78 is 41.2. The molecule has 142 valence electrons. The van der Waals surface area contributed by atoms with Crippen molar-refractivity contribution in [3.05, 3.63) is 60.3 Å². The van der Waals surface area contributed by atoms with Crippen LogP contribution in [0.3, 0.4) is 0 Å². The molecule has 0 aliphatic heterocycles. The van der Waals surface area contributed by atoms with Gasteiger partial charge in [-0.15, -0.1) is 0 Å². The number of hydrogen-bond donors (Lipinski definition) is 2. The molecule has 27 heavy (non-hydrogen) atoms. The lowest BCUT2D eigenvalue weighted by atomic mass is 9.75. The van der Waals surface area contributed by atoms with E-state index in [0.717, 1.165) is 0 Å². The average molecular weight is 375 g/mol. The van der Waals surface area contributed by atoms with E-state index >= 15 is 0 Å². The van der Waals surface area contributed by atoms with Gasteiger partial charge in [0.2, 0.25) is 0 Å². The summed E-state index contributed by atoms with van der Waals surface area (Å²) in [4.78, 5) is 3.97. The Morgan fingerprint density at radius 3 is 2.44 bits per heavy atom. The second-order valence-electron chi connectivity index (χ2n) is 7.22. The number of hydrogen-bond acceptors (Lipinski definition) is 3. The van der Waals surface area contributed by atoms with Crippen LogP contribution in [0.15, 0.2) is 59.7 Å². The Hall–Kier alpha value is -2.67. The number of alkyl halides is 3. The van der Waals surface area contributed by atoms with Crippen LogP contribution in [-0.4, -0.2) is 33.3 Å². The number of fused-ring (bicyclic) bond motifs is 1. The number of halogens is 3. The van der Waals surface area contributed by atoms with Crippen molar-refractivity contribution in [1.29, 1.82) is 0 Å². The second-order valence-corrected chi connectivity index (χ2v) is 7.22. The Morgan fingerprint density at radius 2 is 1.78 bits per heavy atom. The lowest BCUT2D eigenvalue weighted by Crippen LogP contribution is -2.50. The zero-order valence-corrected chi connectivity index (χ0v) is 15.0. The van der Waals surface area contributed by atoms with Crippen LogP contribution in [0.4, 0.5) is 18.9 Å². The standard InChI is InChI=1S/C20H20F3N3O/c1-18(2,14-7-4-3-5-8-14)12-19(27,20(21,22)23)13-24-16-9-6-10-17-15(16)11-25-26-17/h3-11,13,27H,12H2,1-2H3,(H,25,26)/b24-13+. The van der Waals surface area contributed by atoms with Crippen molar-refractivity contribution in [3.8, 4) is 0 Å². The quantitative estimate of drug-likeness (QED) is 0.622. The van der Waals surface area contributed by atoms with E-state index in [9.17, 15) is 18.3 Å². The van der Waals surface area contributed by atoms with E-state index < -0.39 is 23.6 Å². The van der Waals surface area contributed by atoms with Gasteiger partial charge in [0.1, 0.15) is 0 Å². The lowest BCUT2D eigenvalue weighted by Gasteiger charge is -2.35. The topological polar surface area (TPSA) is 61.3 Å². The molecule has 1 aromatic heterocycles. The summed E-state index contributed by atoms with van der Waals surface area (Å²) in [5.74, 6) is 0. The van der Waals surface area contributed by atoms with Gasteiger partial charge in [0.15, 0.2) is 5.60 Å². The first kappa shape index (κ1) is 19.1. The Balaban J connectivity index is 1.97. The number of aliphatic imine (C=N–C) groups is 1. The third kappa shape index (κ3) is 3.88. The molecular weight excluding hydrogens is 355 g/mol. The highest BCUT2D eigenvalue weighted by atomic mass is 19.4. The Labute approximate surface area is 154 Å². The van der Waals surface area contributed by atoms with E-state index in [-0.39, 0.29) is 0 Å². The summed E-state index contributed by atoms with van der Waals surface area (Å²) in [6.45, 7) is 3.34.